The quantitative estimate of drug-likeness (QED) is 0.650. The van der Waals surface area contributed by atoms with Gasteiger partial charge in [-0.05, 0) is 33.6 Å². The minimum Gasteiger partial charge on any atom is -0.379 e. The molecule has 0 saturated heterocycles. The van der Waals surface area contributed by atoms with Crippen molar-refractivity contribution < 1.29 is 13.2 Å². The molecule has 0 aliphatic heterocycles. The van der Waals surface area contributed by atoms with Gasteiger partial charge in [-0.15, -0.1) is 0 Å². The Labute approximate surface area is 97.8 Å². The first-order valence-electron chi connectivity index (χ1n) is 5.40. The molecule has 1 N–H and O–H groups in total. The lowest BCUT2D eigenvalue weighted by molar-refractivity contribution is 0.0762. The van der Waals surface area contributed by atoms with Crippen molar-refractivity contribution in [3.63, 3.8) is 0 Å². The summed E-state index contributed by atoms with van der Waals surface area (Å²) in [6.45, 7) is 6.27. The largest absolute Gasteiger partial charge is 0.379 e. The highest BCUT2D eigenvalue weighted by Gasteiger charge is 2.18. The molecule has 0 aliphatic rings. The van der Waals surface area contributed by atoms with Gasteiger partial charge in [0.15, 0.2) is 5.25 Å². The van der Waals surface area contributed by atoms with Gasteiger partial charge in [-0.25, -0.2) is 13.1 Å². The molecule has 0 aromatic heterocycles. The number of rotatable bonds is 8. The van der Waals surface area contributed by atoms with Gasteiger partial charge in [-0.3, -0.25) is 0 Å². The molecule has 6 heteroatoms. The molecule has 0 aromatic carbocycles. The van der Waals surface area contributed by atoms with Crippen molar-refractivity contribution in [1.82, 2.24) is 4.72 Å². The minimum atomic E-state index is -3.47. The predicted octanol–water partition coefficient (Wildman–Crippen LogP) is 1.02. The Morgan fingerprint density at radius 3 is 2.44 bits per heavy atom. The maximum absolute atomic E-state index is 11.3. The fourth-order valence-corrected chi connectivity index (χ4v) is 1.77. The van der Waals surface area contributed by atoms with Crippen LogP contribution >= 0.6 is 0 Å². The Balaban J connectivity index is 3.64. The summed E-state index contributed by atoms with van der Waals surface area (Å²) in [6, 6.07) is 1.70. The van der Waals surface area contributed by atoms with Crippen molar-refractivity contribution in [1.29, 1.82) is 5.26 Å². The predicted molar refractivity (Wildman–Crippen MR) is 62.3 cm³/mol. The van der Waals surface area contributed by atoms with Gasteiger partial charge in [0.1, 0.15) is 0 Å². The van der Waals surface area contributed by atoms with Gasteiger partial charge in [-0.2, -0.15) is 5.26 Å². The fourth-order valence-electron chi connectivity index (χ4n) is 0.955. The van der Waals surface area contributed by atoms with Gasteiger partial charge in [0.2, 0.25) is 10.0 Å². The first-order chi connectivity index (χ1) is 7.40. The summed E-state index contributed by atoms with van der Waals surface area (Å²) < 4.78 is 30.4. The SMILES string of the molecule is CC(C)OCCCCNS(=O)(=O)C(C)C#N. The Kier molecular flexibility index (Phi) is 7.30. The van der Waals surface area contributed by atoms with Crippen LogP contribution in [-0.2, 0) is 14.8 Å². The molecule has 0 heterocycles. The van der Waals surface area contributed by atoms with E-state index in [1.165, 1.54) is 6.92 Å². The Morgan fingerprint density at radius 2 is 1.94 bits per heavy atom. The molecule has 0 aromatic rings. The summed E-state index contributed by atoms with van der Waals surface area (Å²) in [5.41, 5.74) is 0. The molecule has 0 bridgehead atoms. The number of unbranched alkanes of at least 4 members (excludes halogenated alkanes) is 1. The molecule has 0 rings (SSSR count). The first-order valence-corrected chi connectivity index (χ1v) is 6.94. The Hall–Kier alpha value is -0.640. The van der Waals surface area contributed by atoms with Crippen LogP contribution in [0.15, 0.2) is 0 Å². The number of nitrogens with zero attached hydrogens (tertiary/aromatic N) is 1. The van der Waals surface area contributed by atoms with Crippen molar-refractivity contribution in [2.24, 2.45) is 0 Å². The molecule has 0 fully saturated rings. The molecule has 1 unspecified atom stereocenters. The van der Waals surface area contributed by atoms with E-state index in [0.29, 0.717) is 19.6 Å². The number of nitriles is 1. The zero-order valence-electron chi connectivity index (χ0n) is 10.1. The van der Waals surface area contributed by atoms with E-state index < -0.39 is 15.3 Å². The van der Waals surface area contributed by atoms with Gasteiger partial charge in [0.25, 0.3) is 0 Å². The second-order valence-corrected chi connectivity index (χ2v) is 5.92. The van der Waals surface area contributed by atoms with E-state index in [4.69, 9.17) is 10.00 Å². The molecule has 1 atom stereocenters. The van der Waals surface area contributed by atoms with Crippen molar-refractivity contribution in [3.8, 4) is 6.07 Å². The summed E-state index contributed by atoms with van der Waals surface area (Å²) in [6.07, 6.45) is 1.72. The van der Waals surface area contributed by atoms with E-state index in [-0.39, 0.29) is 6.10 Å². The molecule has 16 heavy (non-hydrogen) atoms. The lowest BCUT2D eigenvalue weighted by atomic mass is 10.3. The molecule has 5 nitrogen and oxygen atoms in total. The first kappa shape index (κ1) is 15.4. The molecule has 0 radical (unpaired) electrons. The second-order valence-electron chi connectivity index (χ2n) is 3.84. The maximum Gasteiger partial charge on any atom is 0.227 e. The van der Waals surface area contributed by atoms with Crippen molar-refractivity contribution in [3.05, 3.63) is 0 Å². The van der Waals surface area contributed by atoms with Crippen molar-refractivity contribution in [2.45, 2.75) is 45.0 Å². The standard InChI is InChI=1S/C10H20N2O3S/c1-9(2)15-7-5-4-6-12-16(13,14)10(3)8-11/h9-10,12H,4-7H2,1-3H3. The van der Waals surface area contributed by atoms with E-state index >= 15 is 0 Å². The number of hydrogen-bond acceptors (Lipinski definition) is 4. The monoisotopic (exact) mass is 248 g/mol. The van der Waals surface area contributed by atoms with Crippen LogP contribution in [0.3, 0.4) is 0 Å². The zero-order chi connectivity index (χ0) is 12.6. The van der Waals surface area contributed by atoms with Crippen LogP contribution in [0.1, 0.15) is 33.6 Å². The van der Waals surface area contributed by atoms with Crippen LogP contribution in [0.25, 0.3) is 0 Å². The third kappa shape index (κ3) is 6.77. The van der Waals surface area contributed by atoms with Crippen molar-refractivity contribution >= 4 is 10.0 Å². The average molecular weight is 248 g/mol. The number of hydrogen-bond donors (Lipinski definition) is 1. The minimum absolute atomic E-state index is 0.204. The summed E-state index contributed by atoms with van der Waals surface area (Å²) in [7, 11) is -3.47. The summed E-state index contributed by atoms with van der Waals surface area (Å²) in [5.74, 6) is 0. The topological polar surface area (TPSA) is 79.2 Å². The van der Waals surface area contributed by atoms with Crippen LogP contribution in [0.4, 0.5) is 0 Å². The Bertz CT molecular complexity index is 319. The molecule has 0 saturated carbocycles. The third-order valence-corrected chi connectivity index (χ3v) is 3.62. The molecule has 0 aliphatic carbocycles. The van der Waals surface area contributed by atoms with Crippen LogP contribution < -0.4 is 4.72 Å². The summed E-state index contributed by atoms with van der Waals surface area (Å²) >= 11 is 0. The van der Waals surface area contributed by atoms with E-state index in [0.717, 1.165) is 6.42 Å². The van der Waals surface area contributed by atoms with Crippen LogP contribution in [-0.4, -0.2) is 32.9 Å². The lowest BCUT2D eigenvalue weighted by Crippen LogP contribution is -2.32. The zero-order valence-corrected chi connectivity index (χ0v) is 10.9. The number of nitrogens with one attached hydrogen (secondary N) is 1. The maximum atomic E-state index is 11.3. The van der Waals surface area contributed by atoms with Crippen LogP contribution in [0, 0.1) is 11.3 Å². The highest BCUT2D eigenvalue weighted by atomic mass is 32.2. The summed E-state index contributed by atoms with van der Waals surface area (Å²) in [5, 5.41) is 7.48. The lowest BCUT2D eigenvalue weighted by Gasteiger charge is -2.09. The molecular formula is C10H20N2O3S. The van der Waals surface area contributed by atoms with Crippen LogP contribution in [0.2, 0.25) is 0 Å². The van der Waals surface area contributed by atoms with Crippen molar-refractivity contribution in [2.75, 3.05) is 13.2 Å². The number of ether oxygens (including phenoxy) is 1. The molecule has 0 spiro atoms. The summed E-state index contributed by atoms with van der Waals surface area (Å²) in [4.78, 5) is 0. The normalized spacial score (nSPS) is 13.7. The van der Waals surface area contributed by atoms with E-state index in [1.807, 2.05) is 13.8 Å². The Morgan fingerprint density at radius 1 is 1.31 bits per heavy atom. The third-order valence-electron chi connectivity index (χ3n) is 1.97. The molecule has 0 amide bonds. The van der Waals surface area contributed by atoms with Gasteiger partial charge in [0.05, 0.1) is 12.2 Å². The molecular weight excluding hydrogens is 228 g/mol. The van der Waals surface area contributed by atoms with E-state index in [9.17, 15) is 8.42 Å². The average Bonchev–Trinajstić information content (AvgIpc) is 2.21. The second kappa shape index (κ2) is 7.60. The van der Waals surface area contributed by atoms with Gasteiger partial charge in [-0.1, -0.05) is 0 Å². The fraction of sp³-hybridized carbons (Fsp3) is 0.900. The number of sulfonamides is 1. The highest BCUT2D eigenvalue weighted by molar-refractivity contribution is 7.90. The van der Waals surface area contributed by atoms with Gasteiger partial charge < -0.3 is 4.74 Å². The van der Waals surface area contributed by atoms with Crippen LogP contribution in [0.5, 0.6) is 0 Å². The van der Waals surface area contributed by atoms with Gasteiger partial charge in [0, 0.05) is 13.2 Å². The smallest absolute Gasteiger partial charge is 0.227 e. The van der Waals surface area contributed by atoms with Gasteiger partial charge >= 0.3 is 0 Å². The van der Waals surface area contributed by atoms with E-state index in [2.05, 4.69) is 4.72 Å². The highest BCUT2D eigenvalue weighted by Crippen LogP contribution is 1.98. The molecule has 94 valence electrons. The van der Waals surface area contributed by atoms with E-state index in [1.54, 1.807) is 6.07 Å².